The number of rotatable bonds is 4. The summed E-state index contributed by atoms with van der Waals surface area (Å²) < 4.78 is 13.3. The van der Waals surface area contributed by atoms with E-state index >= 15 is 0 Å². The molecule has 2 aromatic carbocycles. The second kappa shape index (κ2) is 7.64. The predicted molar refractivity (Wildman–Crippen MR) is 102 cm³/mol. The van der Waals surface area contributed by atoms with Crippen LogP contribution in [-0.2, 0) is 16.0 Å². The Kier molecular flexibility index (Phi) is 5.28. The maximum Gasteiger partial charge on any atom is 0.262 e. The maximum atomic E-state index is 13.3. The standard InChI is InChI=1S/C20H16FN3O2S/c1-12-2-4-13(5-3-12)10-17-19(26)24(15-8-6-14(21)7-9-15)20(27-17)16(11-22)18(23)25/h2-9,17H,10H2,1H3,(H2,23,25)/b20-16-/t17-/m1/s1. The molecule has 0 unspecified atom stereocenters. The van der Waals surface area contributed by atoms with Gasteiger partial charge < -0.3 is 5.73 Å². The molecule has 5 nitrogen and oxygen atoms in total. The van der Waals surface area contributed by atoms with Crippen LogP contribution in [0.2, 0.25) is 0 Å². The van der Waals surface area contributed by atoms with Gasteiger partial charge in [-0.1, -0.05) is 41.6 Å². The molecule has 1 heterocycles. The molecule has 3 rings (SSSR count). The molecular weight excluding hydrogens is 365 g/mol. The second-order valence-electron chi connectivity index (χ2n) is 6.10. The van der Waals surface area contributed by atoms with Gasteiger partial charge in [-0.25, -0.2) is 4.39 Å². The number of aryl methyl sites for hydroxylation is 1. The molecule has 1 aliphatic rings. The Bertz CT molecular complexity index is 962. The third-order valence-corrected chi connectivity index (χ3v) is 5.41. The smallest absolute Gasteiger partial charge is 0.262 e. The van der Waals surface area contributed by atoms with Crippen LogP contribution in [-0.4, -0.2) is 17.1 Å². The van der Waals surface area contributed by atoms with Gasteiger partial charge in [0, 0.05) is 5.69 Å². The van der Waals surface area contributed by atoms with Crippen molar-refractivity contribution in [1.82, 2.24) is 0 Å². The van der Waals surface area contributed by atoms with E-state index in [9.17, 15) is 19.2 Å². The van der Waals surface area contributed by atoms with Crippen LogP contribution in [0.1, 0.15) is 11.1 Å². The third-order valence-electron chi connectivity index (χ3n) is 4.15. The van der Waals surface area contributed by atoms with Crippen LogP contribution < -0.4 is 10.6 Å². The number of primary amides is 1. The van der Waals surface area contributed by atoms with Crippen molar-refractivity contribution in [3.63, 3.8) is 0 Å². The van der Waals surface area contributed by atoms with Gasteiger partial charge in [-0.05, 0) is 43.2 Å². The summed E-state index contributed by atoms with van der Waals surface area (Å²) >= 11 is 1.12. The van der Waals surface area contributed by atoms with Gasteiger partial charge in [-0.15, -0.1) is 0 Å². The average Bonchev–Trinajstić information content (AvgIpc) is 2.94. The quantitative estimate of drug-likeness (QED) is 0.651. The fraction of sp³-hybridized carbons (Fsp3) is 0.150. The number of benzene rings is 2. The molecule has 0 saturated carbocycles. The number of anilines is 1. The van der Waals surface area contributed by atoms with E-state index in [1.54, 1.807) is 6.07 Å². The van der Waals surface area contributed by atoms with Gasteiger partial charge in [-0.2, -0.15) is 5.26 Å². The summed E-state index contributed by atoms with van der Waals surface area (Å²) in [5, 5.41) is 9.00. The van der Waals surface area contributed by atoms with Gasteiger partial charge in [0.25, 0.3) is 5.91 Å². The Morgan fingerprint density at radius 2 is 1.85 bits per heavy atom. The van der Waals surface area contributed by atoms with Crippen molar-refractivity contribution in [3.8, 4) is 6.07 Å². The van der Waals surface area contributed by atoms with Crippen molar-refractivity contribution in [3.05, 3.63) is 76.1 Å². The molecular formula is C20H16FN3O2S. The highest BCUT2D eigenvalue weighted by atomic mass is 32.2. The van der Waals surface area contributed by atoms with Crippen molar-refractivity contribution in [2.24, 2.45) is 5.73 Å². The average molecular weight is 381 g/mol. The minimum atomic E-state index is -0.907. The minimum Gasteiger partial charge on any atom is -0.365 e. The highest BCUT2D eigenvalue weighted by Crippen LogP contribution is 2.41. The van der Waals surface area contributed by atoms with Crippen molar-refractivity contribution >= 4 is 29.3 Å². The number of nitrogens with zero attached hydrogens (tertiary/aromatic N) is 2. The van der Waals surface area contributed by atoms with Crippen LogP contribution in [0.4, 0.5) is 10.1 Å². The molecule has 2 amide bonds. The lowest BCUT2D eigenvalue weighted by Crippen LogP contribution is -2.31. The highest BCUT2D eigenvalue weighted by Gasteiger charge is 2.40. The van der Waals surface area contributed by atoms with E-state index < -0.39 is 17.0 Å². The molecule has 2 N–H and O–H groups in total. The number of nitriles is 1. The van der Waals surface area contributed by atoms with Crippen molar-refractivity contribution in [2.45, 2.75) is 18.6 Å². The number of carbonyl (C=O) groups is 2. The van der Waals surface area contributed by atoms with Crippen LogP contribution in [0.3, 0.4) is 0 Å². The molecule has 1 atom stereocenters. The summed E-state index contributed by atoms with van der Waals surface area (Å²) in [5.74, 6) is -1.64. The molecule has 1 saturated heterocycles. The molecule has 136 valence electrons. The molecule has 0 spiro atoms. The number of nitrogens with two attached hydrogens (primary N) is 1. The summed E-state index contributed by atoms with van der Waals surface area (Å²) in [5.41, 5.74) is 7.48. The van der Waals surface area contributed by atoms with Crippen molar-refractivity contribution in [2.75, 3.05) is 4.90 Å². The first kappa shape index (κ1) is 18.7. The van der Waals surface area contributed by atoms with Gasteiger partial charge in [0.2, 0.25) is 5.91 Å². The Morgan fingerprint density at radius 1 is 1.22 bits per heavy atom. The largest absolute Gasteiger partial charge is 0.365 e. The first-order valence-electron chi connectivity index (χ1n) is 8.16. The zero-order valence-corrected chi connectivity index (χ0v) is 15.3. The van der Waals surface area contributed by atoms with Crippen LogP contribution in [0.25, 0.3) is 0 Å². The van der Waals surface area contributed by atoms with Crippen LogP contribution >= 0.6 is 11.8 Å². The molecule has 27 heavy (non-hydrogen) atoms. The number of hydrogen-bond acceptors (Lipinski definition) is 4. The maximum absolute atomic E-state index is 13.3. The Balaban J connectivity index is 2.01. The monoisotopic (exact) mass is 381 g/mol. The molecule has 0 aromatic heterocycles. The van der Waals surface area contributed by atoms with E-state index in [1.807, 2.05) is 31.2 Å². The Morgan fingerprint density at radius 3 is 2.41 bits per heavy atom. The zero-order chi connectivity index (χ0) is 19.6. The minimum absolute atomic E-state index is 0.179. The summed E-state index contributed by atoms with van der Waals surface area (Å²) in [7, 11) is 0. The van der Waals surface area contributed by atoms with Gasteiger partial charge in [0.15, 0.2) is 0 Å². The molecule has 2 aromatic rings. The van der Waals surface area contributed by atoms with Crippen molar-refractivity contribution in [1.29, 1.82) is 5.26 Å². The van der Waals surface area contributed by atoms with Crippen LogP contribution in [0.5, 0.6) is 0 Å². The lowest BCUT2D eigenvalue weighted by Gasteiger charge is -2.18. The number of carbonyl (C=O) groups excluding carboxylic acids is 2. The summed E-state index contributed by atoms with van der Waals surface area (Å²) in [4.78, 5) is 26.0. The van der Waals surface area contributed by atoms with Gasteiger partial charge in [-0.3, -0.25) is 14.5 Å². The fourth-order valence-corrected chi connectivity index (χ4v) is 4.08. The topological polar surface area (TPSA) is 87.2 Å². The Labute approximate surface area is 160 Å². The lowest BCUT2D eigenvalue weighted by atomic mass is 10.1. The predicted octanol–water partition coefficient (Wildman–Crippen LogP) is 3.05. The number of hydrogen-bond donors (Lipinski definition) is 1. The second-order valence-corrected chi connectivity index (χ2v) is 7.29. The van der Waals surface area contributed by atoms with Crippen molar-refractivity contribution < 1.29 is 14.0 Å². The fourth-order valence-electron chi connectivity index (χ4n) is 2.76. The van der Waals surface area contributed by atoms with Crippen LogP contribution in [0.15, 0.2) is 59.1 Å². The molecule has 0 aliphatic carbocycles. The summed E-state index contributed by atoms with van der Waals surface area (Å²) in [6, 6.07) is 14.9. The van der Waals surface area contributed by atoms with Crippen LogP contribution in [0, 0.1) is 24.1 Å². The van der Waals surface area contributed by atoms with E-state index in [-0.39, 0.29) is 16.5 Å². The molecule has 1 aliphatic heterocycles. The van der Waals surface area contributed by atoms with Gasteiger partial charge in [0.05, 0.1) is 5.25 Å². The van der Waals surface area contributed by atoms with Gasteiger partial charge >= 0.3 is 0 Å². The SMILES string of the molecule is Cc1ccc(C[C@H]2S/C(=C(/C#N)C(N)=O)N(c3ccc(F)cc3)C2=O)cc1. The van der Waals surface area contributed by atoms with E-state index in [0.29, 0.717) is 12.1 Å². The van der Waals surface area contributed by atoms with Gasteiger partial charge in [0.1, 0.15) is 22.5 Å². The zero-order valence-electron chi connectivity index (χ0n) is 14.5. The molecule has 0 bridgehead atoms. The normalized spacial score (nSPS) is 18.3. The van der Waals surface area contributed by atoms with E-state index in [0.717, 1.165) is 22.9 Å². The molecule has 0 radical (unpaired) electrons. The van der Waals surface area contributed by atoms with E-state index in [1.165, 1.54) is 29.2 Å². The first-order valence-corrected chi connectivity index (χ1v) is 9.04. The number of amides is 2. The highest BCUT2D eigenvalue weighted by molar-refractivity contribution is 8.05. The first-order chi connectivity index (χ1) is 12.9. The third kappa shape index (κ3) is 3.86. The lowest BCUT2D eigenvalue weighted by molar-refractivity contribution is -0.117. The molecule has 1 fully saturated rings. The number of thioether (sulfide) groups is 1. The summed E-state index contributed by atoms with van der Waals surface area (Å²) in [6.45, 7) is 1.97. The molecule has 7 heteroatoms. The Hall–Kier alpha value is -3.11. The van der Waals surface area contributed by atoms with E-state index in [4.69, 9.17) is 5.73 Å². The summed E-state index contributed by atoms with van der Waals surface area (Å²) in [6.07, 6.45) is 0.433. The number of halogens is 1. The van der Waals surface area contributed by atoms with E-state index in [2.05, 4.69) is 0 Å².